The van der Waals surface area contributed by atoms with Gasteiger partial charge in [-0.15, -0.1) is 0 Å². The second-order valence-corrected chi connectivity index (χ2v) is 6.83. The summed E-state index contributed by atoms with van der Waals surface area (Å²) >= 11 is 0. The van der Waals surface area contributed by atoms with Crippen LogP contribution in [0.5, 0.6) is 0 Å². The maximum absolute atomic E-state index is 12.4. The molecule has 0 amide bonds. The van der Waals surface area contributed by atoms with Crippen molar-refractivity contribution in [1.82, 2.24) is 0 Å². The van der Waals surface area contributed by atoms with E-state index in [1.54, 1.807) is 27.7 Å². The van der Waals surface area contributed by atoms with Crippen molar-refractivity contribution >= 4 is 0 Å². The van der Waals surface area contributed by atoms with Crippen molar-refractivity contribution in [2.45, 2.75) is 76.2 Å². The van der Waals surface area contributed by atoms with Crippen LogP contribution in [0, 0.1) is 0 Å². The fourth-order valence-corrected chi connectivity index (χ4v) is 3.08. The molecule has 0 aliphatic carbocycles. The first-order chi connectivity index (χ1) is 10.5. The van der Waals surface area contributed by atoms with Crippen molar-refractivity contribution in [3.05, 3.63) is 0 Å². The zero-order valence-corrected chi connectivity index (χ0v) is 13.4. The van der Waals surface area contributed by atoms with Gasteiger partial charge in [-0.05, 0) is 27.7 Å². The minimum atomic E-state index is -4.44. The van der Waals surface area contributed by atoms with Crippen LogP contribution >= 0.6 is 0 Å². The van der Waals surface area contributed by atoms with Crippen molar-refractivity contribution in [3.63, 3.8) is 0 Å². The molecule has 0 aromatic heterocycles. The smallest absolute Gasteiger partial charge is 0.348 e. The van der Waals surface area contributed by atoms with Gasteiger partial charge in [0.1, 0.15) is 31.0 Å². The summed E-state index contributed by atoms with van der Waals surface area (Å²) in [6.45, 7) is 5.75. The molecule has 3 heterocycles. The molecular formula is C14H21F3O6. The molecule has 134 valence electrons. The van der Waals surface area contributed by atoms with Crippen LogP contribution < -0.4 is 0 Å². The Kier molecular flexibility index (Phi) is 4.18. The van der Waals surface area contributed by atoms with Gasteiger partial charge in [-0.1, -0.05) is 0 Å². The zero-order chi connectivity index (χ0) is 17.0. The predicted molar refractivity (Wildman–Crippen MR) is 69.4 cm³/mol. The van der Waals surface area contributed by atoms with Gasteiger partial charge < -0.3 is 28.4 Å². The molecule has 3 fully saturated rings. The standard InChI is InChI=1S/C14H21F3O6/c1-12(2)19-5-7(21-12)8-9-10(23-13(3,4)22-9)11(20-8)18-6-14(15,16)17/h7-11H,5-6H2,1-4H3/t7-,8-,9+,10+,11+/m1/s1. The second kappa shape index (κ2) is 5.53. The van der Waals surface area contributed by atoms with Crippen LogP contribution in [0.2, 0.25) is 0 Å². The highest BCUT2D eigenvalue weighted by Gasteiger charge is 2.59. The number of hydrogen-bond donors (Lipinski definition) is 0. The minimum Gasteiger partial charge on any atom is -0.348 e. The Morgan fingerprint density at radius 1 is 0.957 bits per heavy atom. The van der Waals surface area contributed by atoms with Crippen LogP contribution in [0.3, 0.4) is 0 Å². The van der Waals surface area contributed by atoms with Crippen molar-refractivity contribution in [3.8, 4) is 0 Å². The molecule has 9 heteroatoms. The monoisotopic (exact) mass is 342 g/mol. The van der Waals surface area contributed by atoms with Gasteiger partial charge in [0.15, 0.2) is 17.9 Å². The summed E-state index contributed by atoms with van der Waals surface area (Å²) in [4.78, 5) is 0. The first kappa shape index (κ1) is 17.4. The minimum absolute atomic E-state index is 0.261. The van der Waals surface area contributed by atoms with Crippen LogP contribution in [0.1, 0.15) is 27.7 Å². The van der Waals surface area contributed by atoms with Gasteiger partial charge in [-0.25, -0.2) is 0 Å². The molecule has 5 atom stereocenters. The summed E-state index contributed by atoms with van der Waals surface area (Å²) in [5.74, 6) is -1.70. The molecule has 0 N–H and O–H groups in total. The molecule has 0 spiro atoms. The van der Waals surface area contributed by atoms with E-state index in [-0.39, 0.29) is 6.61 Å². The summed E-state index contributed by atoms with van der Waals surface area (Å²) in [5, 5.41) is 0. The van der Waals surface area contributed by atoms with E-state index in [0.717, 1.165) is 0 Å². The topological polar surface area (TPSA) is 55.4 Å². The average Bonchev–Trinajstić information content (AvgIpc) is 2.97. The Balaban J connectivity index is 1.71. The Morgan fingerprint density at radius 2 is 1.61 bits per heavy atom. The second-order valence-electron chi connectivity index (χ2n) is 6.83. The normalized spacial score (nSPS) is 42.1. The molecule has 23 heavy (non-hydrogen) atoms. The van der Waals surface area contributed by atoms with E-state index < -0.39 is 55.1 Å². The third-order valence-electron chi connectivity index (χ3n) is 3.85. The van der Waals surface area contributed by atoms with E-state index in [0.29, 0.717) is 0 Å². The lowest BCUT2D eigenvalue weighted by molar-refractivity contribution is -0.271. The highest BCUT2D eigenvalue weighted by Crippen LogP contribution is 2.42. The van der Waals surface area contributed by atoms with Crippen LogP contribution in [0.25, 0.3) is 0 Å². The lowest BCUT2D eigenvalue weighted by Crippen LogP contribution is -2.40. The highest BCUT2D eigenvalue weighted by atomic mass is 19.4. The van der Waals surface area contributed by atoms with Gasteiger partial charge in [-0.3, -0.25) is 0 Å². The molecule has 3 rings (SSSR count). The third kappa shape index (κ3) is 3.80. The number of ether oxygens (including phenoxy) is 6. The average molecular weight is 342 g/mol. The number of hydrogen-bond acceptors (Lipinski definition) is 6. The van der Waals surface area contributed by atoms with E-state index in [1.165, 1.54) is 0 Å². The molecule has 3 aliphatic rings. The van der Waals surface area contributed by atoms with Gasteiger partial charge in [0.05, 0.1) is 6.61 Å². The summed E-state index contributed by atoms with van der Waals surface area (Å²) in [6.07, 6.45) is -8.02. The molecular weight excluding hydrogens is 321 g/mol. The summed E-state index contributed by atoms with van der Waals surface area (Å²) < 4.78 is 70.4. The van der Waals surface area contributed by atoms with Crippen LogP contribution in [-0.4, -0.2) is 61.7 Å². The first-order valence-electron chi connectivity index (χ1n) is 7.47. The van der Waals surface area contributed by atoms with Crippen LogP contribution in [0.15, 0.2) is 0 Å². The Hall–Kier alpha value is -0.450. The quantitative estimate of drug-likeness (QED) is 0.782. The Morgan fingerprint density at radius 3 is 2.17 bits per heavy atom. The molecule has 6 nitrogen and oxygen atoms in total. The van der Waals surface area contributed by atoms with E-state index >= 15 is 0 Å². The van der Waals surface area contributed by atoms with Crippen molar-refractivity contribution < 1.29 is 41.6 Å². The number of halogens is 3. The molecule has 0 bridgehead atoms. The van der Waals surface area contributed by atoms with Gasteiger partial charge in [0.2, 0.25) is 0 Å². The molecule has 3 aliphatic heterocycles. The van der Waals surface area contributed by atoms with Crippen molar-refractivity contribution in [2.24, 2.45) is 0 Å². The molecule has 0 aromatic carbocycles. The summed E-state index contributed by atoms with van der Waals surface area (Å²) in [6, 6.07) is 0. The van der Waals surface area contributed by atoms with Gasteiger partial charge in [0.25, 0.3) is 0 Å². The van der Waals surface area contributed by atoms with Gasteiger partial charge in [-0.2, -0.15) is 13.2 Å². The molecule has 0 radical (unpaired) electrons. The summed E-state index contributed by atoms with van der Waals surface area (Å²) in [7, 11) is 0. The van der Waals surface area contributed by atoms with Crippen molar-refractivity contribution in [2.75, 3.05) is 13.2 Å². The van der Waals surface area contributed by atoms with Gasteiger partial charge >= 0.3 is 6.18 Å². The molecule has 3 saturated heterocycles. The van der Waals surface area contributed by atoms with E-state index in [9.17, 15) is 13.2 Å². The summed E-state index contributed by atoms with van der Waals surface area (Å²) in [5.41, 5.74) is 0. The highest BCUT2D eigenvalue weighted by molar-refractivity contribution is 4.99. The van der Waals surface area contributed by atoms with E-state index in [1.807, 2.05) is 0 Å². The molecule has 0 aromatic rings. The molecule has 0 unspecified atom stereocenters. The fourth-order valence-electron chi connectivity index (χ4n) is 3.08. The maximum Gasteiger partial charge on any atom is 0.411 e. The lowest BCUT2D eigenvalue weighted by atomic mass is 10.1. The van der Waals surface area contributed by atoms with E-state index in [2.05, 4.69) is 0 Å². The Labute approximate surface area is 132 Å². The maximum atomic E-state index is 12.4. The number of fused-ring (bicyclic) bond motifs is 1. The van der Waals surface area contributed by atoms with Crippen LogP contribution in [-0.2, 0) is 28.4 Å². The third-order valence-corrected chi connectivity index (χ3v) is 3.85. The Bertz CT molecular complexity index is 452. The largest absolute Gasteiger partial charge is 0.411 e. The number of rotatable bonds is 3. The van der Waals surface area contributed by atoms with Gasteiger partial charge in [0, 0.05) is 0 Å². The molecule has 0 saturated carbocycles. The zero-order valence-electron chi connectivity index (χ0n) is 13.4. The lowest BCUT2D eigenvalue weighted by Gasteiger charge is -2.27. The predicted octanol–water partition coefficient (Wildman–Crippen LogP) is 1.96. The fraction of sp³-hybridized carbons (Fsp3) is 1.00. The SMILES string of the molecule is CC1(C)O[C@@H]2[C@H](O1)[C@@H](OCC(F)(F)F)O[C@@H]2[C@H]1COC(C)(C)O1. The van der Waals surface area contributed by atoms with Crippen LogP contribution in [0.4, 0.5) is 13.2 Å². The first-order valence-corrected chi connectivity index (χ1v) is 7.47. The van der Waals surface area contributed by atoms with E-state index in [4.69, 9.17) is 28.4 Å². The van der Waals surface area contributed by atoms with Crippen molar-refractivity contribution in [1.29, 1.82) is 0 Å². The number of alkyl halides is 3.